The van der Waals surface area contributed by atoms with E-state index in [9.17, 15) is 9.59 Å². The SMILES string of the molecule is O=C(c1ccco1)N1CCC2(CC(=O)N(c3ccccn3)C2)C1. The Kier molecular flexibility index (Phi) is 3.18. The van der Waals surface area contributed by atoms with Crippen molar-refractivity contribution in [3.8, 4) is 0 Å². The fourth-order valence-electron chi connectivity index (χ4n) is 3.56. The summed E-state index contributed by atoms with van der Waals surface area (Å²) < 4.78 is 5.19. The van der Waals surface area contributed by atoms with Crippen LogP contribution in [-0.4, -0.2) is 41.3 Å². The summed E-state index contributed by atoms with van der Waals surface area (Å²) in [6.45, 7) is 1.86. The molecule has 23 heavy (non-hydrogen) atoms. The van der Waals surface area contributed by atoms with E-state index in [0.29, 0.717) is 37.6 Å². The van der Waals surface area contributed by atoms with Crippen LogP contribution in [-0.2, 0) is 4.79 Å². The molecule has 4 rings (SSSR count). The number of hydrogen-bond acceptors (Lipinski definition) is 4. The van der Waals surface area contributed by atoms with E-state index in [0.717, 1.165) is 6.42 Å². The highest BCUT2D eigenvalue weighted by molar-refractivity contribution is 5.96. The van der Waals surface area contributed by atoms with Gasteiger partial charge in [0, 0.05) is 37.7 Å². The standard InChI is InChI=1S/C17H17N3O3/c21-15-10-17(12-20(15)14-5-1-2-7-18-14)6-8-19(11-17)16(22)13-4-3-9-23-13/h1-5,7,9H,6,8,10-12H2. The van der Waals surface area contributed by atoms with Crippen LogP contribution in [0.1, 0.15) is 23.4 Å². The summed E-state index contributed by atoms with van der Waals surface area (Å²) in [6.07, 6.45) is 4.48. The summed E-state index contributed by atoms with van der Waals surface area (Å²) in [4.78, 5) is 32.6. The molecule has 0 aromatic carbocycles. The molecular weight excluding hydrogens is 294 g/mol. The minimum Gasteiger partial charge on any atom is -0.459 e. The molecule has 1 spiro atoms. The molecule has 0 N–H and O–H groups in total. The first-order valence-electron chi connectivity index (χ1n) is 7.71. The van der Waals surface area contributed by atoms with E-state index in [1.54, 1.807) is 28.1 Å². The van der Waals surface area contributed by atoms with Gasteiger partial charge in [-0.25, -0.2) is 4.98 Å². The van der Waals surface area contributed by atoms with Crippen molar-refractivity contribution < 1.29 is 14.0 Å². The second-order valence-corrected chi connectivity index (χ2v) is 6.30. The van der Waals surface area contributed by atoms with Crippen LogP contribution < -0.4 is 4.90 Å². The van der Waals surface area contributed by atoms with Crippen molar-refractivity contribution in [2.45, 2.75) is 12.8 Å². The lowest BCUT2D eigenvalue weighted by molar-refractivity contribution is -0.117. The Morgan fingerprint density at radius 1 is 1.22 bits per heavy atom. The smallest absolute Gasteiger partial charge is 0.289 e. The lowest BCUT2D eigenvalue weighted by Crippen LogP contribution is -2.34. The van der Waals surface area contributed by atoms with Crippen LogP contribution in [0.15, 0.2) is 47.2 Å². The fraction of sp³-hybridized carbons (Fsp3) is 0.353. The molecule has 0 aliphatic carbocycles. The zero-order chi connectivity index (χ0) is 15.9. The summed E-state index contributed by atoms with van der Waals surface area (Å²) in [5.74, 6) is 1.02. The first-order valence-corrected chi connectivity index (χ1v) is 7.71. The molecule has 2 aliphatic heterocycles. The molecule has 2 aromatic heterocycles. The molecular formula is C17H17N3O3. The summed E-state index contributed by atoms with van der Waals surface area (Å²) in [6, 6.07) is 8.94. The summed E-state index contributed by atoms with van der Waals surface area (Å²) in [5, 5.41) is 0. The van der Waals surface area contributed by atoms with Gasteiger partial charge in [-0.05, 0) is 30.7 Å². The Balaban J connectivity index is 1.51. The summed E-state index contributed by atoms with van der Waals surface area (Å²) in [5.41, 5.74) is -0.170. The fourth-order valence-corrected chi connectivity index (χ4v) is 3.56. The third-order valence-electron chi connectivity index (χ3n) is 4.70. The van der Waals surface area contributed by atoms with E-state index in [-0.39, 0.29) is 17.2 Å². The molecule has 1 unspecified atom stereocenters. The molecule has 6 nitrogen and oxygen atoms in total. The molecule has 2 aromatic rings. The zero-order valence-electron chi connectivity index (χ0n) is 12.6. The number of rotatable bonds is 2. The van der Waals surface area contributed by atoms with Crippen molar-refractivity contribution in [3.63, 3.8) is 0 Å². The van der Waals surface area contributed by atoms with Gasteiger partial charge in [0.15, 0.2) is 5.76 Å². The number of anilines is 1. The first kappa shape index (κ1) is 14.0. The van der Waals surface area contributed by atoms with Crippen molar-refractivity contribution in [1.29, 1.82) is 0 Å². The summed E-state index contributed by atoms with van der Waals surface area (Å²) >= 11 is 0. The van der Waals surface area contributed by atoms with Gasteiger partial charge >= 0.3 is 0 Å². The van der Waals surface area contributed by atoms with Crippen LogP contribution in [0.2, 0.25) is 0 Å². The molecule has 2 amide bonds. The number of carbonyl (C=O) groups excluding carboxylic acids is 2. The second kappa shape index (κ2) is 5.22. The average molecular weight is 311 g/mol. The minimum absolute atomic E-state index is 0.0796. The van der Waals surface area contributed by atoms with Crippen molar-refractivity contribution in [2.24, 2.45) is 5.41 Å². The van der Waals surface area contributed by atoms with Gasteiger partial charge in [-0.1, -0.05) is 6.07 Å². The Hall–Kier alpha value is -2.63. The van der Waals surface area contributed by atoms with E-state index in [1.165, 1.54) is 6.26 Å². The van der Waals surface area contributed by atoms with Crippen LogP contribution in [0, 0.1) is 5.41 Å². The largest absolute Gasteiger partial charge is 0.459 e. The highest BCUT2D eigenvalue weighted by Crippen LogP contribution is 2.41. The third-order valence-corrected chi connectivity index (χ3v) is 4.70. The quantitative estimate of drug-likeness (QED) is 0.850. The van der Waals surface area contributed by atoms with E-state index in [1.807, 2.05) is 18.2 Å². The second-order valence-electron chi connectivity index (χ2n) is 6.30. The van der Waals surface area contributed by atoms with Crippen molar-refractivity contribution in [1.82, 2.24) is 9.88 Å². The maximum Gasteiger partial charge on any atom is 0.289 e. The first-order chi connectivity index (χ1) is 11.2. The van der Waals surface area contributed by atoms with Crippen LogP contribution in [0.5, 0.6) is 0 Å². The number of carbonyl (C=O) groups is 2. The number of furan rings is 1. The van der Waals surface area contributed by atoms with Crippen molar-refractivity contribution in [2.75, 3.05) is 24.5 Å². The highest BCUT2D eigenvalue weighted by Gasteiger charge is 2.49. The van der Waals surface area contributed by atoms with Gasteiger partial charge in [0.2, 0.25) is 5.91 Å². The lowest BCUT2D eigenvalue weighted by Gasteiger charge is -2.23. The summed E-state index contributed by atoms with van der Waals surface area (Å²) in [7, 11) is 0. The Morgan fingerprint density at radius 3 is 2.87 bits per heavy atom. The molecule has 1 atom stereocenters. The van der Waals surface area contributed by atoms with Gasteiger partial charge in [0.05, 0.1) is 6.26 Å². The molecule has 0 bridgehead atoms. The predicted molar refractivity (Wildman–Crippen MR) is 82.9 cm³/mol. The number of hydrogen-bond donors (Lipinski definition) is 0. The van der Waals surface area contributed by atoms with Gasteiger partial charge in [-0.2, -0.15) is 0 Å². The van der Waals surface area contributed by atoms with Crippen LogP contribution in [0.4, 0.5) is 5.82 Å². The maximum atomic E-state index is 12.4. The van der Waals surface area contributed by atoms with Gasteiger partial charge in [-0.3, -0.25) is 14.5 Å². The van der Waals surface area contributed by atoms with E-state index >= 15 is 0 Å². The monoisotopic (exact) mass is 311 g/mol. The third kappa shape index (κ3) is 2.40. The number of amides is 2. The highest BCUT2D eigenvalue weighted by atomic mass is 16.3. The zero-order valence-corrected chi connectivity index (χ0v) is 12.6. The van der Waals surface area contributed by atoms with Gasteiger partial charge in [0.25, 0.3) is 5.91 Å². The molecule has 4 heterocycles. The minimum atomic E-state index is -0.170. The number of likely N-dealkylation sites (tertiary alicyclic amines) is 1. The molecule has 118 valence electrons. The topological polar surface area (TPSA) is 66.7 Å². The molecule has 2 fully saturated rings. The predicted octanol–water partition coefficient (Wildman–Crippen LogP) is 1.94. The van der Waals surface area contributed by atoms with Gasteiger partial charge in [-0.15, -0.1) is 0 Å². The maximum absolute atomic E-state index is 12.4. The van der Waals surface area contributed by atoms with E-state index < -0.39 is 0 Å². The van der Waals surface area contributed by atoms with E-state index in [2.05, 4.69) is 4.98 Å². The average Bonchev–Trinajstić information content (AvgIpc) is 3.29. The van der Waals surface area contributed by atoms with Crippen LogP contribution >= 0.6 is 0 Å². The molecule has 0 saturated carbocycles. The van der Waals surface area contributed by atoms with E-state index in [4.69, 9.17) is 4.42 Å². The number of nitrogens with zero attached hydrogens (tertiary/aromatic N) is 3. The lowest BCUT2D eigenvalue weighted by atomic mass is 9.86. The van der Waals surface area contributed by atoms with Gasteiger partial charge in [0.1, 0.15) is 5.82 Å². The van der Waals surface area contributed by atoms with Crippen LogP contribution in [0.3, 0.4) is 0 Å². The number of pyridine rings is 1. The normalized spacial score (nSPS) is 23.9. The van der Waals surface area contributed by atoms with Crippen molar-refractivity contribution in [3.05, 3.63) is 48.6 Å². The van der Waals surface area contributed by atoms with Crippen molar-refractivity contribution >= 4 is 17.6 Å². The Bertz CT molecular complexity index is 729. The van der Waals surface area contributed by atoms with Crippen LogP contribution in [0.25, 0.3) is 0 Å². The molecule has 2 aliphatic rings. The van der Waals surface area contributed by atoms with Gasteiger partial charge < -0.3 is 9.32 Å². The molecule has 0 radical (unpaired) electrons. The number of aromatic nitrogens is 1. The molecule has 2 saturated heterocycles. The Morgan fingerprint density at radius 2 is 2.13 bits per heavy atom. The Labute approximate surface area is 133 Å². The molecule has 6 heteroatoms.